The Morgan fingerprint density at radius 3 is 2.77 bits per heavy atom. The van der Waals surface area contributed by atoms with Gasteiger partial charge in [0.1, 0.15) is 5.60 Å². The number of fused-ring (bicyclic) bond motifs is 1. The second-order valence-corrected chi connectivity index (χ2v) is 7.50. The number of nitrogens with zero attached hydrogens (tertiary/aromatic N) is 2. The van der Waals surface area contributed by atoms with Crippen molar-refractivity contribution >= 4 is 17.7 Å². The number of aromatic nitrogens is 2. The number of hydrogen-bond donors (Lipinski definition) is 2. The van der Waals surface area contributed by atoms with E-state index < -0.39 is 5.60 Å². The molecule has 2 aromatic rings. The lowest BCUT2D eigenvalue weighted by atomic mass is 10.1. The zero-order chi connectivity index (χ0) is 18.9. The molecule has 1 aromatic heterocycles. The minimum Gasteiger partial charge on any atom is -0.444 e. The van der Waals surface area contributed by atoms with E-state index in [9.17, 15) is 9.59 Å². The van der Waals surface area contributed by atoms with E-state index in [1.54, 1.807) is 4.90 Å². The van der Waals surface area contributed by atoms with E-state index in [4.69, 9.17) is 4.74 Å². The third-order valence-corrected chi connectivity index (χ3v) is 4.08. The maximum absolute atomic E-state index is 12.6. The molecular formula is C19H24N4O3. The second kappa shape index (κ2) is 6.82. The van der Waals surface area contributed by atoms with Crippen molar-refractivity contribution in [1.82, 2.24) is 15.1 Å². The minimum absolute atomic E-state index is 0.292. The quantitative estimate of drug-likeness (QED) is 0.864. The molecule has 0 saturated heterocycles. The Morgan fingerprint density at radius 2 is 2.08 bits per heavy atom. The van der Waals surface area contributed by atoms with Crippen molar-refractivity contribution in [2.45, 2.75) is 46.3 Å². The van der Waals surface area contributed by atoms with E-state index in [1.165, 1.54) is 0 Å². The summed E-state index contributed by atoms with van der Waals surface area (Å²) in [5.74, 6) is -0.292. The van der Waals surface area contributed by atoms with E-state index in [1.807, 2.05) is 52.0 Å². The van der Waals surface area contributed by atoms with Gasteiger partial charge < -0.3 is 15.0 Å². The molecular weight excluding hydrogens is 332 g/mol. The molecule has 7 heteroatoms. The normalized spacial score (nSPS) is 13.9. The number of ether oxygens (including phenoxy) is 1. The summed E-state index contributed by atoms with van der Waals surface area (Å²) in [6, 6.07) is 7.57. The molecule has 0 spiro atoms. The summed E-state index contributed by atoms with van der Waals surface area (Å²) in [6.45, 7) is 8.29. The van der Waals surface area contributed by atoms with Gasteiger partial charge in [-0.2, -0.15) is 5.10 Å². The first-order valence-electron chi connectivity index (χ1n) is 8.65. The molecule has 2 N–H and O–H groups in total. The number of nitrogens with one attached hydrogen (secondary N) is 2. The van der Waals surface area contributed by atoms with E-state index >= 15 is 0 Å². The third kappa shape index (κ3) is 4.04. The highest BCUT2D eigenvalue weighted by atomic mass is 16.6. The first-order valence-corrected chi connectivity index (χ1v) is 8.65. The maximum atomic E-state index is 12.6. The van der Waals surface area contributed by atoms with E-state index in [0.717, 1.165) is 16.8 Å². The highest BCUT2D eigenvalue weighted by Crippen LogP contribution is 2.23. The summed E-state index contributed by atoms with van der Waals surface area (Å²) in [6.07, 6.45) is 0.230. The molecule has 0 saturated carbocycles. The molecule has 0 radical (unpaired) electrons. The Bertz CT molecular complexity index is 836. The fourth-order valence-electron chi connectivity index (χ4n) is 2.88. The summed E-state index contributed by atoms with van der Waals surface area (Å²) in [5.41, 5.74) is 3.16. The molecule has 0 atom stereocenters. The maximum Gasteiger partial charge on any atom is 0.410 e. The molecule has 1 aliphatic rings. The lowest BCUT2D eigenvalue weighted by Crippen LogP contribution is -2.40. The van der Waals surface area contributed by atoms with Crippen molar-refractivity contribution in [2.75, 3.05) is 11.9 Å². The molecule has 0 aliphatic carbocycles. The van der Waals surface area contributed by atoms with Crippen LogP contribution in [0.3, 0.4) is 0 Å². The molecule has 2 amide bonds. The van der Waals surface area contributed by atoms with E-state index in [0.29, 0.717) is 30.9 Å². The summed E-state index contributed by atoms with van der Waals surface area (Å²) in [5, 5.41) is 9.95. The van der Waals surface area contributed by atoms with Crippen LogP contribution in [0.5, 0.6) is 0 Å². The number of aryl methyl sites for hydroxylation is 1. The number of aromatic amines is 1. The van der Waals surface area contributed by atoms with Crippen molar-refractivity contribution in [1.29, 1.82) is 0 Å². The highest BCUT2D eigenvalue weighted by molar-refractivity contribution is 6.04. The number of anilines is 1. The lowest BCUT2D eigenvalue weighted by Gasteiger charge is -2.30. The Labute approximate surface area is 152 Å². The molecule has 0 bridgehead atoms. The first-order chi connectivity index (χ1) is 12.2. The predicted octanol–water partition coefficient (Wildman–Crippen LogP) is 3.26. The molecule has 1 aromatic carbocycles. The van der Waals surface area contributed by atoms with Crippen LogP contribution in [0.4, 0.5) is 10.5 Å². The highest BCUT2D eigenvalue weighted by Gasteiger charge is 2.30. The molecule has 138 valence electrons. The van der Waals surface area contributed by atoms with Gasteiger partial charge in [0.15, 0.2) is 5.69 Å². The number of H-pyrrole nitrogens is 1. The topological polar surface area (TPSA) is 87.3 Å². The Morgan fingerprint density at radius 1 is 1.31 bits per heavy atom. The van der Waals surface area contributed by atoms with Crippen molar-refractivity contribution in [3.8, 4) is 0 Å². The van der Waals surface area contributed by atoms with Crippen LogP contribution in [-0.2, 0) is 17.7 Å². The van der Waals surface area contributed by atoms with Crippen LogP contribution in [0.25, 0.3) is 0 Å². The molecule has 26 heavy (non-hydrogen) atoms. The molecule has 3 rings (SSSR count). The van der Waals surface area contributed by atoms with Gasteiger partial charge in [-0.15, -0.1) is 0 Å². The smallest absolute Gasteiger partial charge is 0.410 e. The molecule has 7 nitrogen and oxygen atoms in total. The lowest BCUT2D eigenvalue weighted by molar-refractivity contribution is 0.0222. The van der Waals surface area contributed by atoms with Gasteiger partial charge in [-0.25, -0.2) is 4.79 Å². The van der Waals surface area contributed by atoms with Crippen molar-refractivity contribution < 1.29 is 14.3 Å². The molecule has 2 heterocycles. The SMILES string of the molecule is Cc1cccc(NC(=O)c2n[nH]c3c2CN(C(=O)OC(C)(C)C)CC3)c1. The Balaban J connectivity index is 1.75. The number of hydrogen-bond acceptors (Lipinski definition) is 4. The standard InChI is InChI=1S/C19H24N4O3/c1-12-6-5-7-13(10-12)20-17(24)16-14-11-23(9-8-15(14)21-22-16)18(25)26-19(2,3)4/h5-7,10H,8-9,11H2,1-4H3,(H,20,24)(H,21,22). The van der Waals surface area contributed by atoms with Gasteiger partial charge in [0.25, 0.3) is 5.91 Å². The fraction of sp³-hybridized carbons (Fsp3) is 0.421. The van der Waals surface area contributed by atoms with E-state index in [-0.39, 0.29) is 12.0 Å². The number of rotatable bonds is 2. The van der Waals surface area contributed by atoms with Gasteiger partial charge in [0.2, 0.25) is 0 Å². The zero-order valence-corrected chi connectivity index (χ0v) is 15.5. The van der Waals surface area contributed by atoms with Gasteiger partial charge in [-0.05, 0) is 45.4 Å². The minimum atomic E-state index is -0.556. The Hall–Kier alpha value is -2.83. The van der Waals surface area contributed by atoms with Gasteiger partial charge in [-0.1, -0.05) is 12.1 Å². The summed E-state index contributed by atoms with van der Waals surface area (Å²) in [7, 11) is 0. The van der Waals surface area contributed by atoms with Crippen molar-refractivity contribution in [2.24, 2.45) is 0 Å². The summed E-state index contributed by atoms with van der Waals surface area (Å²) < 4.78 is 5.43. The van der Waals surface area contributed by atoms with Crippen LogP contribution in [0.2, 0.25) is 0 Å². The number of carbonyl (C=O) groups is 2. The third-order valence-electron chi connectivity index (χ3n) is 4.08. The van der Waals surface area contributed by atoms with Crippen molar-refractivity contribution in [3.63, 3.8) is 0 Å². The number of amides is 2. The molecule has 0 fully saturated rings. The van der Waals surface area contributed by atoms with Crippen LogP contribution in [0, 0.1) is 6.92 Å². The number of benzene rings is 1. The summed E-state index contributed by atoms with van der Waals surface area (Å²) >= 11 is 0. The zero-order valence-electron chi connectivity index (χ0n) is 15.5. The van der Waals surface area contributed by atoms with Crippen LogP contribution >= 0.6 is 0 Å². The van der Waals surface area contributed by atoms with Gasteiger partial charge in [0, 0.05) is 29.9 Å². The van der Waals surface area contributed by atoms with Gasteiger partial charge >= 0.3 is 6.09 Å². The van der Waals surface area contributed by atoms with Crippen LogP contribution in [0.1, 0.15) is 48.1 Å². The van der Waals surface area contributed by atoms with E-state index in [2.05, 4.69) is 15.5 Å². The fourth-order valence-corrected chi connectivity index (χ4v) is 2.88. The average molecular weight is 356 g/mol. The Kier molecular flexibility index (Phi) is 4.71. The van der Waals surface area contributed by atoms with Crippen LogP contribution in [-0.4, -0.2) is 39.2 Å². The summed E-state index contributed by atoms with van der Waals surface area (Å²) in [4.78, 5) is 26.6. The van der Waals surface area contributed by atoms with Crippen LogP contribution in [0.15, 0.2) is 24.3 Å². The largest absolute Gasteiger partial charge is 0.444 e. The van der Waals surface area contributed by atoms with Gasteiger partial charge in [0.05, 0.1) is 6.54 Å². The second-order valence-electron chi connectivity index (χ2n) is 7.50. The monoisotopic (exact) mass is 356 g/mol. The molecule has 1 aliphatic heterocycles. The molecule has 0 unspecified atom stereocenters. The average Bonchev–Trinajstić information content (AvgIpc) is 2.96. The van der Waals surface area contributed by atoms with Gasteiger partial charge in [-0.3, -0.25) is 9.89 Å². The van der Waals surface area contributed by atoms with Crippen LogP contribution < -0.4 is 5.32 Å². The van der Waals surface area contributed by atoms with Crippen molar-refractivity contribution in [3.05, 3.63) is 46.8 Å². The number of carbonyl (C=O) groups excluding carboxylic acids is 2. The first kappa shape index (κ1) is 18.0. The predicted molar refractivity (Wildman–Crippen MR) is 98.1 cm³/mol.